The van der Waals surface area contributed by atoms with Crippen LogP contribution in [0.1, 0.15) is 39.7 Å². The van der Waals surface area contributed by atoms with Crippen LogP contribution in [0.5, 0.6) is 0 Å². The summed E-state index contributed by atoms with van der Waals surface area (Å²) >= 11 is 1.42. The van der Waals surface area contributed by atoms with E-state index in [1.807, 2.05) is 12.1 Å². The van der Waals surface area contributed by atoms with Gasteiger partial charge in [0.05, 0.1) is 6.26 Å². The van der Waals surface area contributed by atoms with Gasteiger partial charge < -0.3 is 0 Å². The number of sulfonamides is 1. The van der Waals surface area contributed by atoms with E-state index in [-0.39, 0.29) is 5.91 Å². The Bertz CT molecular complexity index is 827. The van der Waals surface area contributed by atoms with Gasteiger partial charge in [-0.15, -0.1) is 10.2 Å². The van der Waals surface area contributed by atoms with Crippen molar-refractivity contribution in [3.05, 3.63) is 40.4 Å². The van der Waals surface area contributed by atoms with E-state index in [9.17, 15) is 13.2 Å². The van der Waals surface area contributed by atoms with Crippen molar-refractivity contribution in [2.75, 3.05) is 18.1 Å². The molecule has 1 aliphatic carbocycles. The Morgan fingerprint density at radius 3 is 2.58 bits per heavy atom. The van der Waals surface area contributed by atoms with Crippen LogP contribution < -0.4 is 10.0 Å². The molecule has 9 heteroatoms. The third kappa shape index (κ3) is 4.83. The van der Waals surface area contributed by atoms with Crippen LogP contribution in [0.2, 0.25) is 0 Å². The number of amides is 1. The summed E-state index contributed by atoms with van der Waals surface area (Å²) in [4.78, 5) is 12.2. The third-order valence-corrected chi connectivity index (χ3v) is 5.31. The zero-order chi connectivity index (χ0) is 17.2. The highest BCUT2D eigenvalue weighted by molar-refractivity contribution is 7.88. The van der Waals surface area contributed by atoms with Gasteiger partial charge in [-0.2, -0.15) is 0 Å². The molecule has 24 heavy (non-hydrogen) atoms. The molecule has 1 heterocycles. The fourth-order valence-electron chi connectivity index (χ4n) is 2.15. The fraction of sp³-hybridized carbons (Fsp3) is 0.400. The van der Waals surface area contributed by atoms with Gasteiger partial charge >= 0.3 is 0 Å². The zero-order valence-corrected chi connectivity index (χ0v) is 14.8. The highest BCUT2D eigenvalue weighted by Gasteiger charge is 2.27. The maximum Gasteiger partial charge on any atom is 0.257 e. The average molecular weight is 366 g/mol. The second-order valence-electron chi connectivity index (χ2n) is 5.79. The summed E-state index contributed by atoms with van der Waals surface area (Å²) in [7, 11) is -3.18. The van der Waals surface area contributed by atoms with Crippen molar-refractivity contribution in [1.82, 2.24) is 14.9 Å². The molecule has 2 aromatic rings. The molecule has 0 atom stereocenters. The van der Waals surface area contributed by atoms with Gasteiger partial charge in [-0.05, 0) is 37.0 Å². The Hall–Kier alpha value is -1.84. The first-order chi connectivity index (χ1) is 11.4. The van der Waals surface area contributed by atoms with Gasteiger partial charge in [-0.25, -0.2) is 13.1 Å². The summed E-state index contributed by atoms with van der Waals surface area (Å²) < 4.78 is 24.5. The highest BCUT2D eigenvalue weighted by atomic mass is 32.2. The van der Waals surface area contributed by atoms with Crippen molar-refractivity contribution in [3.63, 3.8) is 0 Å². The minimum atomic E-state index is -3.18. The average Bonchev–Trinajstić information content (AvgIpc) is 3.27. The van der Waals surface area contributed by atoms with Gasteiger partial charge in [-0.1, -0.05) is 23.5 Å². The maximum absolute atomic E-state index is 12.2. The lowest BCUT2D eigenvalue weighted by Crippen LogP contribution is -2.24. The second kappa shape index (κ2) is 6.96. The van der Waals surface area contributed by atoms with Crippen molar-refractivity contribution in [2.24, 2.45) is 0 Å². The van der Waals surface area contributed by atoms with Crippen molar-refractivity contribution in [2.45, 2.75) is 25.2 Å². The Balaban J connectivity index is 1.54. The van der Waals surface area contributed by atoms with E-state index >= 15 is 0 Å². The largest absolute Gasteiger partial charge is 0.296 e. The van der Waals surface area contributed by atoms with Crippen LogP contribution in [0.15, 0.2) is 24.3 Å². The molecule has 0 bridgehead atoms. The lowest BCUT2D eigenvalue weighted by Gasteiger charge is -2.05. The van der Waals surface area contributed by atoms with Crippen LogP contribution in [-0.4, -0.2) is 37.3 Å². The van der Waals surface area contributed by atoms with Crippen molar-refractivity contribution < 1.29 is 13.2 Å². The number of nitrogens with one attached hydrogen (secondary N) is 2. The molecule has 2 N–H and O–H groups in total. The Kier molecular flexibility index (Phi) is 4.93. The van der Waals surface area contributed by atoms with Crippen LogP contribution in [0, 0.1) is 0 Å². The molecule has 1 aliphatic rings. The van der Waals surface area contributed by atoms with E-state index in [0.717, 1.165) is 29.7 Å². The third-order valence-electron chi connectivity index (χ3n) is 3.58. The van der Waals surface area contributed by atoms with E-state index in [1.165, 1.54) is 11.3 Å². The molecule has 128 valence electrons. The molecule has 0 spiro atoms. The van der Waals surface area contributed by atoms with E-state index in [1.54, 1.807) is 12.1 Å². The molecule has 7 nitrogen and oxygen atoms in total. The molecule has 1 amide bonds. The maximum atomic E-state index is 12.2. The minimum absolute atomic E-state index is 0.227. The molecule has 0 radical (unpaired) electrons. The number of benzene rings is 1. The minimum Gasteiger partial charge on any atom is -0.296 e. The molecular formula is C15H18N4O3S2. The molecule has 1 saturated carbocycles. The molecule has 1 fully saturated rings. The van der Waals surface area contributed by atoms with Gasteiger partial charge in [0, 0.05) is 18.0 Å². The van der Waals surface area contributed by atoms with Gasteiger partial charge in [-0.3, -0.25) is 10.1 Å². The summed E-state index contributed by atoms with van der Waals surface area (Å²) in [5.74, 6) is 0.294. The van der Waals surface area contributed by atoms with E-state index in [4.69, 9.17) is 0 Å². The molecule has 0 saturated heterocycles. The molecule has 1 aromatic heterocycles. The molecule has 0 aliphatic heterocycles. The van der Waals surface area contributed by atoms with Crippen LogP contribution in [-0.2, 0) is 16.4 Å². The van der Waals surface area contributed by atoms with Crippen molar-refractivity contribution in [1.29, 1.82) is 0 Å². The monoisotopic (exact) mass is 366 g/mol. The highest BCUT2D eigenvalue weighted by Crippen LogP contribution is 2.42. The number of hydrogen-bond donors (Lipinski definition) is 2. The van der Waals surface area contributed by atoms with E-state index in [0.29, 0.717) is 29.6 Å². The van der Waals surface area contributed by atoms with Gasteiger partial charge in [0.1, 0.15) is 5.01 Å². The van der Waals surface area contributed by atoms with Crippen molar-refractivity contribution in [3.8, 4) is 0 Å². The predicted molar refractivity (Wildman–Crippen MR) is 92.8 cm³/mol. The number of carbonyl (C=O) groups excluding carboxylic acids is 1. The molecular weight excluding hydrogens is 348 g/mol. The lowest BCUT2D eigenvalue weighted by atomic mass is 10.1. The first kappa shape index (κ1) is 17.0. The summed E-state index contributed by atoms with van der Waals surface area (Å²) in [6, 6.07) is 7.06. The second-order valence-corrected chi connectivity index (χ2v) is 8.63. The fourth-order valence-corrected chi connectivity index (χ4v) is 3.53. The number of carbonyl (C=O) groups is 1. The number of anilines is 1. The van der Waals surface area contributed by atoms with Crippen LogP contribution in [0.4, 0.5) is 5.13 Å². The van der Waals surface area contributed by atoms with E-state index < -0.39 is 10.0 Å². The number of aromatic nitrogens is 2. The van der Waals surface area contributed by atoms with Gasteiger partial charge in [0.15, 0.2) is 0 Å². The van der Waals surface area contributed by atoms with Crippen molar-refractivity contribution >= 4 is 32.4 Å². The Morgan fingerprint density at radius 2 is 1.96 bits per heavy atom. The van der Waals surface area contributed by atoms with Crippen LogP contribution >= 0.6 is 11.3 Å². The summed E-state index contributed by atoms with van der Waals surface area (Å²) in [5, 5.41) is 12.3. The standard InChI is InChI=1S/C15H18N4O3S2/c1-24(21,22)16-9-8-10-2-4-11(5-3-10)13(20)17-15-19-18-14(23-15)12-6-7-12/h2-5,12,16H,6-9H2,1H3,(H,17,19,20). The SMILES string of the molecule is CS(=O)(=O)NCCc1ccc(C(=O)Nc2nnc(C3CC3)s2)cc1. The summed E-state index contributed by atoms with van der Waals surface area (Å²) in [6.07, 6.45) is 4.00. The first-order valence-electron chi connectivity index (χ1n) is 7.59. The quantitative estimate of drug-likeness (QED) is 0.777. The lowest BCUT2D eigenvalue weighted by molar-refractivity contribution is 0.102. The molecule has 0 unspecified atom stereocenters. The predicted octanol–water partition coefficient (Wildman–Crippen LogP) is 1.76. The van der Waals surface area contributed by atoms with Crippen LogP contribution in [0.25, 0.3) is 0 Å². The number of hydrogen-bond acceptors (Lipinski definition) is 6. The topological polar surface area (TPSA) is 101 Å². The van der Waals surface area contributed by atoms with Crippen LogP contribution in [0.3, 0.4) is 0 Å². The number of rotatable bonds is 7. The Labute approximate surface area is 144 Å². The molecule has 3 rings (SSSR count). The summed E-state index contributed by atoms with van der Waals surface area (Å²) in [6.45, 7) is 0.332. The molecule has 1 aromatic carbocycles. The number of nitrogens with zero attached hydrogens (tertiary/aromatic N) is 2. The normalized spacial score (nSPS) is 14.5. The zero-order valence-electron chi connectivity index (χ0n) is 13.2. The Morgan fingerprint density at radius 1 is 1.25 bits per heavy atom. The smallest absolute Gasteiger partial charge is 0.257 e. The van der Waals surface area contributed by atoms with Gasteiger partial charge in [0.25, 0.3) is 5.91 Å². The first-order valence-corrected chi connectivity index (χ1v) is 10.3. The van der Waals surface area contributed by atoms with Gasteiger partial charge in [0.2, 0.25) is 15.2 Å². The van der Waals surface area contributed by atoms with E-state index in [2.05, 4.69) is 20.2 Å². The summed E-state index contributed by atoms with van der Waals surface area (Å²) in [5.41, 5.74) is 1.48.